The number of fused-ring (bicyclic) bond motifs is 3. The third kappa shape index (κ3) is 3.13. The van der Waals surface area contributed by atoms with Gasteiger partial charge in [-0.25, -0.2) is 0 Å². The minimum absolute atomic E-state index is 0.0604. The van der Waals surface area contributed by atoms with Crippen molar-refractivity contribution in [2.45, 2.75) is 84.7 Å². The van der Waals surface area contributed by atoms with Crippen LogP contribution in [-0.2, 0) is 19.6 Å². The van der Waals surface area contributed by atoms with Crippen LogP contribution in [0.1, 0.15) is 80.4 Å². The van der Waals surface area contributed by atoms with Crippen molar-refractivity contribution in [1.82, 2.24) is 5.32 Å². The molecule has 5 heteroatoms. The van der Waals surface area contributed by atoms with Crippen molar-refractivity contribution in [3.05, 3.63) is 58.7 Å². The molecule has 5 atom stereocenters. The molecule has 0 bridgehead atoms. The Kier molecular flexibility index (Phi) is 5.06. The Labute approximate surface area is 208 Å². The van der Waals surface area contributed by atoms with E-state index in [9.17, 15) is 9.90 Å². The number of hydrogen-bond donors (Lipinski definition) is 2. The number of aliphatic hydroxyl groups is 1. The molecule has 186 valence electrons. The third-order valence-electron chi connectivity index (χ3n) is 10.2. The van der Waals surface area contributed by atoms with Crippen LogP contribution in [0.2, 0.25) is 0 Å². The van der Waals surface area contributed by atoms with E-state index in [0.29, 0.717) is 24.6 Å². The molecule has 2 aliphatic heterocycles. The second-order valence-electron chi connectivity index (χ2n) is 12.2. The van der Waals surface area contributed by atoms with Crippen molar-refractivity contribution in [2.24, 2.45) is 22.7 Å². The van der Waals surface area contributed by atoms with Crippen molar-refractivity contribution in [3.8, 4) is 11.5 Å². The van der Waals surface area contributed by atoms with Crippen LogP contribution in [0, 0.1) is 22.7 Å². The molecule has 2 aromatic carbocycles. The summed E-state index contributed by atoms with van der Waals surface area (Å²) >= 11 is 0. The maximum atomic E-state index is 12.7. The van der Waals surface area contributed by atoms with Gasteiger partial charge in [-0.3, -0.25) is 4.79 Å². The van der Waals surface area contributed by atoms with E-state index in [-0.39, 0.29) is 34.4 Å². The van der Waals surface area contributed by atoms with Crippen LogP contribution >= 0.6 is 0 Å². The Balaban J connectivity index is 1.49. The summed E-state index contributed by atoms with van der Waals surface area (Å²) < 4.78 is 13.7. The zero-order valence-electron chi connectivity index (χ0n) is 21.3. The van der Waals surface area contributed by atoms with Gasteiger partial charge in [0, 0.05) is 29.0 Å². The molecule has 6 rings (SSSR count). The molecule has 5 nitrogen and oxygen atoms in total. The number of rotatable bonds is 3. The molecule has 0 unspecified atom stereocenters. The van der Waals surface area contributed by atoms with Gasteiger partial charge >= 0.3 is 0 Å². The zero-order valence-corrected chi connectivity index (χ0v) is 21.3. The molecule has 0 radical (unpaired) electrons. The number of amides is 1. The lowest BCUT2D eigenvalue weighted by Gasteiger charge is -2.67. The first-order valence-corrected chi connectivity index (χ1v) is 13.2. The monoisotopic (exact) mass is 475 g/mol. The molecule has 2 heterocycles. The van der Waals surface area contributed by atoms with E-state index in [2.05, 4.69) is 45.1 Å². The highest BCUT2D eigenvalue weighted by Gasteiger charge is 2.67. The first-order chi connectivity index (χ1) is 16.7. The quantitative estimate of drug-likeness (QED) is 0.622. The van der Waals surface area contributed by atoms with E-state index >= 15 is 0 Å². The largest absolute Gasteiger partial charge is 0.488 e. The Morgan fingerprint density at radius 3 is 2.66 bits per heavy atom. The zero-order chi connectivity index (χ0) is 24.6. The van der Waals surface area contributed by atoms with Crippen LogP contribution in [0.5, 0.6) is 11.5 Å². The molecule has 4 aliphatic rings. The topological polar surface area (TPSA) is 67.8 Å². The second kappa shape index (κ2) is 7.73. The summed E-state index contributed by atoms with van der Waals surface area (Å²) in [5.41, 5.74) is 3.15. The number of hydrogen-bond acceptors (Lipinski definition) is 4. The SMILES string of the molecule is C[C@H]1CC[C@H]2C(C)(C)[C@@H](O)CC[C@]23Oc2c(c(OCc4ccccc4)cc4c2CNC4=O)C[C@]13C. The van der Waals surface area contributed by atoms with Crippen LogP contribution < -0.4 is 14.8 Å². The molecule has 1 spiro atoms. The van der Waals surface area contributed by atoms with Crippen LogP contribution in [0.25, 0.3) is 0 Å². The fourth-order valence-corrected chi connectivity index (χ4v) is 7.80. The summed E-state index contributed by atoms with van der Waals surface area (Å²) in [6, 6.07) is 12.1. The summed E-state index contributed by atoms with van der Waals surface area (Å²) in [4.78, 5) is 12.7. The maximum absolute atomic E-state index is 12.7. The van der Waals surface area contributed by atoms with Gasteiger partial charge in [-0.1, -0.05) is 58.0 Å². The number of benzene rings is 2. The average molecular weight is 476 g/mol. The van der Waals surface area contributed by atoms with Crippen molar-refractivity contribution >= 4 is 5.91 Å². The highest BCUT2D eigenvalue weighted by Crippen LogP contribution is 2.66. The summed E-state index contributed by atoms with van der Waals surface area (Å²) in [5, 5.41) is 14.0. The van der Waals surface area contributed by atoms with E-state index < -0.39 is 0 Å². The number of nitrogens with one attached hydrogen (secondary N) is 1. The summed E-state index contributed by atoms with van der Waals surface area (Å²) in [7, 11) is 0. The predicted octanol–water partition coefficient (Wildman–Crippen LogP) is 5.42. The number of ether oxygens (including phenoxy) is 2. The number of carbonyl (C=O) groups is 1. The molecule has 0 saturated heterocycles. The van der Waals surface area contributed by atoms with Crippen molar-refractivity contribution < 1.29 is 19.4 Å². The summed E-state index contributed by atoms with van der Waals surface area (Å²) in [6.07, 6.45) is 4.30. The van der Waals surface area contributed by atoms with Crippen molar-refractivity contribution in [1.29, 1.82) is 0 Å². The lowest BCUT2D eigenvalue weighted by Crippen LogP contribution is -2.70. The number of aliphatic hydroxyl groups excluding tert-OH is 1. The average Bonchev–Trinajstić information content (AvgIpc) is 3.21. The van der Waals surface area contributed by atoms with Gasteiger partial charge in [0.15, 0.2) is 0 Å². The highest BCUT2D eigenvalue weighted by molar-refractivity contribution is 6.00. The van der Waals surface area contributed by atoms with Crippen molar-refractivity contribution in [2.75, 3.05) is 0 Å². The molecule has 2 fully saturated rings. The van der Waals surface area contributed by atoms with Crippen LogP contribution in [-0.4, -0.2) is 22.7 Å². The first-order valence-electron chi connectivity index (χ1n) is 13.2. The molecule has 2 aliphatic carbocycles. The van der Waals surface area contributed by atoms with E-state index in [1.807, 2.05) is 24.3 Å². The molecule has 2 aromatic rings. The summed E-state index contributed by atoms with van der Waals surface area (Å²) in [6.45, 7) is 10.1. The third-order valence-corrected chi connectivity index (χ3v) is 10.2. The highest BCUT2D eigenvalue weighted by atomic mass is 16.5. The minimum atomic E-state index is -0.363. The maximum Gasteiger partial charge on any atom is 0.252 e. The lowest BCUT2D eigenvalue weighted by atomic mass is 9.43. The van der Waals surface area contributed by atoms with E-state index in [1.165, 1.54) is 0 Å². The summed E-state index contributed by atoms with van der Waals surface area (Å²) in [5.74, 6) is 2.29. The lowest BCUT2D eigenvalue weighted by molar-refractivity contribution is -0.233. The standard InChI is InChI=1S/C30H37NO4/c1-18-10-11-24-28(2,3)25(32)12-13-30(24)29(18,4)15-21-23(34-17-19-8-6-5-7-9-19)14-20-22(26(21)35-30)16-31-27(20)33/h5-9,14,18,24-25,32H,10-13,15-17H2,1-4H3,(H,31,33)/t18-,24-,25-,29+,30-/m0/s1. The Morgan fingerprint density at radius 2 is 1.89 bits per heavy atom. The Bertz CT molecular complexity index is 1170. The van der Waals surface area contributed by atoms with Gasteiger partial charge in [0.25, 0.3) is 5.91 Å². The van der Waals surface area contributed by atoms with Gasteiger partial charge in [0.2, 0.25) is 0 Å². The van der Waals surface area contributed by atoms with E-state index in [1.54, 1.807) is 0 Å². The molecule has 2 saturated carbocycles. The number of carbonyl (C=O) groups excluding carboxylic acids is 1. The smallest absolute Gasteiger partial charge is 0.252 e. The van der Waals surface area contributed by atoms with Crippen LogP contribution in [0.15, 0.2) is 36.4 Å². The minimum Gasteiger partial charge on any atom is -0.488 e. The van der Waals surface area contributed by atoms with Gasteiger partial charge in [-0.05, 0) is 55.1 Å². The van der Waals surface area contributed by atoms with Gasteiger partial charge < -0.3 is 19.9 Å². The van der Waals surface area contributed by atoms with Gasteiger partial charge in [-0.2, -0.15) is 0 Å². The normalized spacial score (nSPS) is 34.5. The first kappa shape index (κ1) is 22.9. The van der Waals surface area contributed by atoms with Gasteiger partial charge in [-0.15, -0.1) is 0 Å². The fraction of sp³-hybridized carbons (Fsp3) is 0.567. The molecule has 2 N–H and O–H groups in total. The van der Waals surface area contributed by atoms with Gasteiger partial charge in [0.1, 0.15) is 23.7 Å². The van der Waals surface area contributed by atoms with Crippen LogP contribution in [0.3, 0.4) is 0 Å². The van der Waals surface area contributed by atoms with Crippen LogP contribution in [0.4, 0.5) is 0 Å². The van der Waals surface area contributed by atoms with Gasteiger partial charge in [0.05, 0.1) is 11.7 Å². The Hall–Kier alpha value is -2.53. The molecule has 1 amide bonds. The fourth-order valence-electron chi connectivity index (χ4n) is 7.80. The second-order valence-corrected chi connectivity index (χ2v) is 12.2. The molecular formula is C30H37NO4. The Morgan fingerprint density at radius 1 is 1.11 bits per heavy atom. The van der Waals surface area contributed by atoms with Crippen molar-refractivity contribution in [3.63, 3.8) is 0 Å². The molecular weight excluding hydrogens is 438 g/mol. The molecule has 35 heavy (non-hydrogen) atoms. The predicted molar refractivity (Wildman–Crippen MR) is 134 cm³/mol. The van der Waals surface area contributed by atoms with E-state index in [4.69, 9.17) is 9.47 Å². The van der Waals surface area contributed by atoms with E-state index in [0.717, 1.165) is 60.3 Å². The molecule has 0 aromatic heterocycles.